The molecule has 2 N–H and O–H groups in total. The van der Waals surface area contributed by atoms with Crippen LogP contribution in [-0.2, 0) is 4.79 Å². The lowest BCUT2D eigenvalue weighted by Gasteiger charge is -2.28. The molecule has 1 fully saturated rings. The van der Waals surface area contributed by atoms with E-state index in [1.54, 1.807) is 12.1 Å². The average Bonchev–Trinajstić information content (AvgIpc) is 2.62. The second kappa shape index (κ2) is 6.26. The topological polar surface area (TPSA) is 60.8 Å². The molecule has 1 saturated heterocycles. The first-order valence-electron chi connectivity index (χ1n) is 6.55. The maximum Gasteiger partial charge on any atom is 0.325 e. The average molecular weight is 284 g/mol. The molecular weight excluding hydrogens is 266 g/mol. The molecule has 1 aromatic rings. The summed E-state index contributed by atoms with van der Waals surface area (Å²) < 4.78 is 0. The molecule has 2 rings (SSSR count). The SMILES string of the molecule is O=C(O)C(c1cc(Cl)ccc1O)N1CCCCCC1. The van der Waals surface area contributed by atoms with Gasteiger partial charge in [0.1, 0.15) is 11.8 Å². The predicted octanol–water partition coefficient (Wildman–Crippen LogP) is 3.05. The highest BCUT2D eigenvalue weighted by Crippen LogP contribution is 2.32. The zero-order valence-electron chi connectivity index (χ0n) is 10.7. The second-order valence-corrected chi connectivity index (χ2v) is 5.33. The number of phenolic OH excluding ortho intramolecular Hbond substituents is 1. The molecule has 0 radical (unpaired) electrons. The maximum absolute atomic E-state index is 11.6. The summed E-state index contributed by atoms with van der Waals surface area (Å²) in [5.41, 5.74) is 0.377. The lowest BCUT2D eigenvalue weighted by molar-refractivity contribution is -0.143. The highest BCUT2D eigenvalue weighted by molar-refractivity contribution is 6.30. The van der Waals surface area contributed by atoms with Gasteiger partial charge in [-0.3, -0.25) is 9.69 Å². The van der Waals surface area contributed by atoms with Crippen molar-refractivity contribution in [2.45, 2.75) is 31.7 Å². The lowest BCUT2D eigenvalue weighted by Crippen LogP contribution is -2.35. The third-order valence-corrected chi connectivity index (χ3v) is 3.76. The Bertz CT molecular complexity index is 456. The molecule has 1 aliphatic heterocycles. The van der Waals surface area contributed by atoms with Crippen molar-refractivity contribution in [3.63, 3.8) is 0 Å². The fourth-order valence-electron chi connectivity index (χ4n) is 2.58. The Hall–Kier alpha value is -1.26. The first-order valence-corrected chi connectivity index (χ1v) is 6.92. The van der Waals surface area contributed by atoms with Crippen LogP contribution in [0, 0.1) is 0 Å². The number of benzene rings is 1. The molecule has 104 valence electrons. The first kappa shape index (κ1) is 14.2. The van der Waals surface area contributed by atoms with Crippen LogP contribution in [-0.4, -0.2) is 34.2 Å². The highest BCUT2D eigenvalue weighted by Gasteiger charge is 2.30. The van der Waals surface area contributed by atoms with Crippen LogP contribution >= 0.6 is 11.6 Å². The number of aliphatic carboxylic acids is 1. The van der Waals surface area contributed by atoms with Crippen LogP contribution in [0.3, 0.4) is 0 Å². The van der Waals surface area contributed by atoms with Gasteiger partial charge in [0, 0.05) is 10.6 Å². The van der Waals surface area contributed by atoms with Crippen molar-refractivity contribution >= 4 is 17.6 Å². The van der Waals surface area contributed by atoms with Gasteiger partial charge in [-0.05, 0) is 44.1 Å². The minimum absolute atomic E-state index is 0.0129. The largest absolute Gasteiger partial charge is 0.508 e. The Morgan fingerprint density at radius 2 is 1.84 bits per heavy atom. The van der Waals surface area contributed by atoms with Gasteiger partial charge < -0.3 is 10.2 Å². The number of aromatic hydroxyl groups is 1. The van der Waals surface area contributed by atoms with Crippen molar-refractivity contribution in [3.8, 4) is 5.75 Å². The van der Waals surface area contributed by atoms with Gasteiger partial charge in [0.2, 0.25) is 0 Å². The molecule has 0 aliphatic carbocycles. The van der Waals surface area contributed by atoms with Crippen LogP contribution in [0.25, 0.3) is 0 Å². The zero-order chi connectivity index (χ0) is 13.8. The lowest BCUT2D eigenvalue weighted by atomic mass is 10.0. The van der Waals surface area contributed by atoms with Gasteiger partial charge in [-0.2, -0.15) is 0 Å². The summed E-state index contributed by atoms with van der Waals surface area (Å²) in [6.45, 7) is 1.48. The van der Waals surface area contributed by atoms with Gasteiger partial charge in [-0.1, -0.05) is 24.4 Å². The summed E-state index contributed by atoms with van der Waals surface area (Å²) in [5.74, 6) is -0.958. The Kier molecular flexibility index (Phi) is 4.66. The summed E-state index contributed by atoms with van der Waals surface area (Å²) in [7, 11) is 0. The van der Waals surface area contributed by atoms with Crippen molar-refractivity contribution in [3.05, 3.63) is 28.8 Å². The molecule has 1 aliphatic rings. The molecule has 0 saturated carbocycles. The third-order valence-electron chi connectivity index (χ3n) is 3.52. The van der Waals surface area contributed by atoms with E-state index in [1.165, 1.54) is 6.07 Å². The van der Waals surface area contributed by atoms with Crippen LogP contribution in [0.15, 0.2) is 18.2 Å². The molecule has 1 unspecified atom stereocenters. The summed E-state index contributed by atoms with van der Waals surface area (Å²) in [6.07, 6.45) is 4.24. The molecule has 4 nitrogen and oxygen atoms in total. The minimum atomic E-state index is -0.945. The summed E-state index contributed by atoms with van der Waals surface area (Å²) in [4.78, 5) is 13.5. The molecule has 5 heteroatoms. The van der Waals surface area contributed by atoms with Gasteiger partial charge in [0.05, 0.1) is 0 Å². The fraction of sp³-hybridized carbons (Fsp3) is 0.500. The Morgan fingerprint density at radius 3 is 2.42 bits per heavy atom. The van der Waals surface area contributed by atoms with E-state index in [2.05, 4.69) is 0 Å². The summed E-state index contributed by atoms with van der Waals surface area (Å²) in [6, 6.07) is 3.73. The predicted molar refractivity (Wildman–Crippen MR) is 73.5 cm³/mol. The Balaban J connectivity index is 2.33. The third kappa shape index (κ3) is 3.39. The number of carboxylic acid groups (broad SMARTS) is 1. The smallest absolute Gasteiger partial charge is 0.325 e. The van der Waals surface area contributed by atoms with Crippen LogP contribution in [0.2, 0.25) is 5.02 Å². The quantitative estimate of drug-likeness (QED) is 0.895. The normalized spacial score (nSPS) is 18.8. The molecule has 1 heterocycles. The summed E-state index contributed by atoms with van der Waals surface area (Å²) >= 11 is 5.91. The van der Waals surface area contributed by atoms with Crippen molar-refractivity contribution < 1.29 is 15.0 Å². The van der Waals surface area contributed by atoms with Gasteiger partial charge in [0.15, 0.2) is 0 Å². The molecule has 0 amide bonds. The van der Waals surface area contributed by atoms with E-state index in [4.69, 9.17) is 11.6 Å². The molecule has 0 bridgehead atoms. The van der Waals surface area contributed by atoms with E-state index in [0.717, 1.165) is 38.8 Å². The van der Waals surface area contributed by atoms with E-state index in [1.807, 2.05) is 4.90 Å². The highest BCUT2D eigenvalue weighted by atomic mass is 35.5. The second-order valence-electron chi connectivity index (χ2n) is 4.89. The Morgan fingerprint density at radius 1 is 1.21 bits per heavy atom. The number of carboxylic acids is 1. The number of rotatable bonds is 3. The molecule has 19 heavy (non-hydrogen) atoms. The van der Waals surface area contributed by atoms with Gasteiger partial charge in [-0.15, -0.1) is 0 Å². The van der Waals surface area contributed by atoms with Crippen LogP contribution < -0.4 is 0 Å². The van der Waals surface area contributed by atoms with Crippen molar-refractivity contribution in [2.75, 3.05) is 13.1 Å². The number of likely N-dealkylation sites (tertiary alicyclic amines) is 1. The zero-order valence-corrected chi connectivity index (χ0v) is 11.4. The number of nitrogens with zero attached hydrogens (tertiary/aromatic N) is 1. The van der Waals surface area contributed by atoms with E-state index >= 15 is 0 Å². The van der Waals surface area contributed by atoms with E-state index in [-0.39, 0.29) is 5.75 Å². The van der Waals surface area contributed by atoms with Crippen LogP contribution in [0.1, 0.15) is 37.3 Å². The number of phenols is 1. The molecule has 1 atom stereocenters. The number of hydrogen-bond donors (Lipinski definition) is 2. The number of carbonyl (C=O) groups is 1. The Labute approximate surface area is 117 Å². The van der Waals surface area contributed by atoms with Gasteiger partial charge >= 0.3 is 5.97 Å². The first-order chi connectivity index (χ1) is 9.09. The number of hydrogen-bond acceptors (Lipinski definition) is 3. The molecule has 0 aromatic heterocycles. The van der Waals surface area contributed by atoms with Crippen molar-refractivity contribution in [1.82, 2.24) is 4.90 Å². The fourth-order valence-corrected chi connectivity index (χ4v) is 2.76. The van der Waals surface area contributed by atoms with Crippen molar-refractivity contribution in [1.29, 1.82) is 0 Å². The summed E-state index contributed by atoms with van der Waals surface area (Å²) in [5, 5.41) is 19.8. The van der Waals surface area contributed by atoms with Gasteiger partial charge in [-0.25, -0.2) is 0 Å². The molecular formula is C14H18ClNO3. The van der Waals surface area contributed by atoms with Gasteiger partial charge in [0.25, 0.3) is 0 Å². The van der Waals surface area contributed by atoms with Crippen LogP contribution in [0.5, 0.6) is 5.75 Å². The molecule has 0 spiro atoms. The van der Waals surface area contributed by atoms with E-state index < -0.39 is 12.0 Å². The molecule has 1 aromatic carbocycles. The minimum Gasteiger partial charge on any atom is -0.508 e. The van der Waals surface area contributed by atoms with Crippen molar-refractivity contribution in [2.24, 2.45) is 0 Å². The monoisotopic (exact) mass is 283 g/mol. The standard InChI is InChI=1S/C14H18ClNO3/c15-10-5-6-12(17)11(9-10)13(14(18)19)16-7-3-1-2-4-8-16/h5-6,9,13,17H,1-4,7-8H2,(H,18,19). The van der Waals surface area contributed by atoms with E-state index in [0.29, 0.717) is 10.6 Å². The number of halogens is 1. The van der Waals surface area contributed by atoms with Crippen LogP contribution in [0.4, 0.5) is 0 Å². The maximum atomic E-state index is 11.6. The van der Waals surface area contributed by atoms with E-state index in [9.17, 15) is 15.0 Å².